The van der Waals surface area contributed by atoms with Crippen LogP contribution in [0.3, 0.4) is 0 Å². The van der Waals surface area contributed by atoms with Gasteiger partial charge in [-0.2, -0.15) is 13.2 Å². The van der Waals surface area contributed by atoms with Crippen LogP contribution in [-0.2, 0) is 25.4 Å². The summed E-state index contributed by atoms with van der Waals surface area (Å²) in [6.07, 6.45) is -1.44. The van der Waals surface area contributed by atoms with Gasteiger partial charge >= 0.3 is 6.18 Å². The molecule has 0 spiro atoms. The number of hydrogen-bond acceptors (Lipinski definition) is 2. The summed E-state index contributed by atoms with van der Waals surface area (Å²) in [6.45, 7) is 0. The summed E-state index contributed by atoms with van der Waals surface area (Å²) in [5.74, 6) is 0.280. The molecule has 0 aliphatic heterocycles. The van der Waals surface area contributed by atoms with E-state index in [9.17, 15) is 18.3 Å². The fourth-order valence-electron chi connectivity index (χ4n) is 3.43. The molecule has 2 aromatic carbocycles. The number of aryl methyl sites for hydroxylation is 2. The molecule has 0 fully saturated rings. The number of hydrogen-bond donors (Lipinski definition) is 1. The van der Waals surface area contributed by atoms with Gasteiger partial charge in [0.05, 0.1) is 5.56 Å². The van der Waals surface area contributed by atoms with Gasteiger partial charge in [0, 0.05) is 17.5 Å². The molecule has 0 bridgehead atoms. The minimum Gasteiger partial charge on any atom is -0.507 e. The first kappa shape index (κ1) is 16.6. The topological polar surface area (TPSA) is 33.1 Å². The standard InChI is InChI=1S/C21H16F3NO/c22-21(23,24)16-7-9-17(25-12-16)8-5-13-4-6-14-11-15-2-1-3-19(26)20(15)18(14)10-13/h1-4,6-7,9-10,12,26H,5,8,11H2. The van der Waals surface area contributed by atoms with Gasteiger partial charge < -0.3 is 5.11 Å². The fourth-order valence-corrected chi connectivity index (χ4v) is 3.43. The molecule has 5 heteroatoms. The molecule has 1 heterocycles. The lowest BCUT2D eigenvalue weighted by Crippen LogP contribution is -2.06. The van der Waals surface area contributed by atoms with Gasteiger partial charge in [0.1, 0.15) is 5.75 Å². The van der Waals surface area contributed by atoms with Crippen molar-refractivity contribution in [2.45, 2.75) is 25.4 Å². The molecule has 3 aromatic rings. The molecule has 0 amide bonds. The number of pyridine rings is 1. The molecule has 1 aliphatic rings. The number of rotatable bonds is 3. The largest absolute Gasteiger partial charge is 0.507 e. The number of fused-ring (bicyclic) bond motifs is 3. The first-order chi connectivity index (χ1) is 12.4. The molecule has 2 nitrogen and oxygen atoms in total. The second-order valence-corrected chi connectivity index (χ2v) is 6.52. The van der Waals surface area contributed by atoms with Crippen molar-refractivity contribution >= 4 is 0 Å². The summed E-state index contributed by atoms with van der Waals surface area (Å²) in [4.78, 5) is 3.92. The Hall–Kier alpha value is -2.82. The molecule has 0 unspecified atom stereocenters. The molecule has 4 rings (SSSR count). The highest BCUT2D eigenvalue weighted by molar-refractivity contribution is 5.81. The van der Waals surface area contributed by atoms with E-state index < -0.39 is 11.7 Å². The highest BCUT2D eigenvalue weighted by Crippen LogP contribution is 2.42. The second-order valence-electron chi connectivity index (χ2n) is 6.52. The molecular weight excluding hydrogens is 339 g/mol. The molecule has 1 N–H and O–H groups in total. The van der Waals surface area contributed by atoms with E-state index in [4.69, 9.17) is 0 Å². The number of phenolic OH excluding ortho intramolecular Hbond substituents is 1. The number of aromatic hydroxyl groups is 1. The molecule has 1 aliphatic carbocycles. The highest BCUT2D eigenvalue weighted by atomic mass is 19.4. The van der Waals surface area contributed by atoms with Crippen molar-refractivity contribution in [3.8, 4) is 16.9 Å². The number of benzene rings is 2. The number of nitrogens with zero attached hydrogens (tertiary/aromatic N) is 1. The van der Waals surface area contributed by atoms with E-state index in [1.54, 1.807) is 6.07 Å². The van der Waals surface area contributed by atoms with Gasteiger partial charge in [-0.25, -0.2) is 0 Å². The fraction of sp³-hybridized carbons (Fsp3) is 0.190. The van der Waals surface area contributed by atoms with E-state index in [1.807, 2.05) is 18.2 Å². The normalized spacial score (nSPS) is 12.7. The third-order valence-corrected chi connectivity index (χ3v) is 4.78. The van der Waals surface area contributed by atoms with Crippen LogP contribution in [0.15, 0.2) is 54.7 Å². The van der Waals surface area contributed by atoms with E-state index >= 15 is 0 Å². The maximum Gasteiger partial charge on any atom is 0.417 e. The Bertz CT molecular complexity index is 962. The summed E-state index contributed by atoms with van der Waals surface area (Å²) >= 11 is 0. The van der Waals surface area contributed by atoms with Crippen LogP contribution in [0, 0.1) is 0 Å². The third kappa shape index (κ3) is 3.05. The van der Waals surface area contributed by atoms with Crippen molar-refractivity contribution in [1.82, 2.24) is 4.98 Å². The van der Waals surface area contributed by atoms with Crippen molar-refractivity contribution in [1.29, 1.82) is 0 Å². The Morgan fingerprint density at radius 2 is 1.81 bits per heavy atom. The van der Waals surface area contributed by atoms with E-state index in [0.29, 0.717) is 18.5 Å². The maximum atomic E-state index is 12.6. The number of alkyl halides is 3. The van der Waals surface area contributed by atoms with Crippen LogP contribution in [0.1, 0.15) is 27.9 Å². The van der Waals surface area contributed by atoms with Gasteiger partial charge in [0.2, 0.25) is 0 Å². The SMILES string of the molecule is Oc1cccc2c1-c1cc(CCc3ccc(C(F)(F)F)cn3)ccc1C2. The predicted molar refractivity (Wildman–Crippen MR) is 93.0 cm³/mol. The molecule has 0 saturated carbocycles. The zero-order valence-corrected chi connectivity index (χ0v) is 13.8. The van der Waals surface area contributed by atoms with E-state index in [-0.39, 0.29) is 5.75 Å². The average Bonchev–Trinajstić information content (AvgIpc) is 2.98. The maximum absolute atomic E-state index is 12.6. The summed E-state index contributed by atoms with van der Waals surface area (Å²) < 4.78 is 37.8. The van der Waals surface area contributed by atoms with Crippen molar-refractivity contribution in [2.75, 3.05) is 0 Å². The molecule has 0 saturated heterocycles. The van der Waals surface area contributed by atoms with Crippen molar-refractivity contribution < 1.29 is 18.3 Å². The molecule has 0 radical (unpaired) electrons. The Kier molecular flexibility index (Phi) is 3.94. The lowest BCUT2D eigenvalue weighted by Gasteiger charge is -2.08. The van der Waals surface area contributed by atoms with Crippen LogP contribution in [0.2, 0.25) is 0 Å². The number of aromatic nitrogens is 1. The van der Waals surface area contributed by atoms with Crippen molar-refractivity contribution in [2.24, 2.45) is 0 Å². The van der Waals surface area contributed by atoms with E-state index in [0.717, 1.165) is 40.9 Å². The molecule has 1 aromatic heterocycles. The van der Waals surface area contributed by atoms with Crippen LogP contribution in [0.5, 0.6) is 5.75 Å². The quantitative estimate of drug-likeness (QED) is 0.550. The predicted octanol–water partition coefficient (Wildman–Crippen LogP) is 5.16. The Morgan fingerprint density at radius 3 is 2.54 bits per heavy atom. The molecule has 26 heavy (non-hydrogen) atoms. The Labute approximate surface area is 149 Å². The lowest BCUT2D eigenvalue weighted by molar-refractivity contribution is -0.137. The Morgan fingerprint density at radius 1 is 0.962 bits per heavy atom. The van der Waals surface area contributed by atoms with Gasteiger partial charge in [-0.3, -0.25) is 4.98 Å². The summed E-state index contributed by atoms with van der Waals surface area (Å²) in [5.41, 5.74) is 5.18. The first-order valence-electron chi connectivity index (χ1n) is 8.37. The van der Waals surface area contributed by atoms with Crippen LogP contribution in [0.25, 0.3) is 11.1 Å². The summed E-state index contributed by atoms with van der Waals surface area (Å²) in [7, 11) is 0. The summed E-state index contributed by atoms with van der Waals surface area (Å²) in [5, 5.41) is 10.2. The van der Waals surface area contributed by atoms with Crippen molar-refractivity contribution in [3.05, 3.63) is 82.7 Å². The van der Waals surface area contributed by atoms with Crippen LogP contribution in [0.4, 0.5) is 13.2 Å². The number of phenols is 1. The van der Waals surface area contributed by atoms with Crippen LogP contribution < -0.4 is 0 Å². The van der Waals surface area contributed by atoms with Gasteiger partial charge in [0.25, 0.3) is 0 Å². The van der Waals surface area contributed by atoms with E-state index in [2.05, 4.69) is 17.1 Å². The van der Waals surface area contributed by atoms with Gasteiger partial charge in [-0.05, 0) is 59.7 Å². The molecular formula is C21H16F3NO. The summed E-state index contributed by atoms with van der Waals surface area (Å²) in [6, 6.07) is 14.2. The molecule has 0 atom stereocenters. The smallest absolute Gasteiger partial charge is 0.417 e. The zero-order chi connectivity index (χ0) is 18.3. The van der Waals surface area contributed by atoms with Gasteiger partial charge in [0.15, 0.2) is 0 Å². The second kappa shape index (κ2) is 6.16. The van der Waals surface area contributed by atoms with Crippen LogP contribution in [-0.4, -0.2) is 10.1 Å². The van der Waals surface area contributed by atoms with E-state index in [1.165, 1.54) is 11.6 Å². The third-order valence-electron chi connectivity index (χ3n) is 4.78. The van der Waals surface area contributed by atoms with Gasteiger partial charge in [-0.1, -0.05) is 30.3 Å². The monoisotopic (exact) mass is 355 g/mol. The minimum atomic E-state index is -4.36. The minimum absolute atomic E-state index is 0.280. The Balaban J connectivity index is 1.53. The first-order valence-corrected chi connectivity index (χ1v) is 8.37. The highest BCUT2D eigenvalue weighted by Gasteiger charge is 2.30. The van der Waals surface area contributed by atoms with Gasteiger partial charge in [-0.15, -0.1) is 0 Å². The number of halogens is 3. The van der Waals surface area contributed by atoms with Crippen molar-refractivity contribution in [3.63, 3.8) is 0 Å². The lowest BCUT2D eigenvalue weighted by atomic mass is 9.99. The zero-order valence-electron chi connectivity index (χ0n) is 13.8. The average molecular weight is 355 g/mol. The molecule has 132 valence electrons. The van der Waals surface area contributed by atoms with Crippen LogP contribution >= 0.6 is 0 Å².